The third-order valence-corrected chi connectivity index (χ3v) is 5.72. The standard InChI is InChI=1S/C19H20BrNO2S/c1-19(2,3)24(22)21-16-12-18(13-7-5-4-6-8-13)23-17-10-9-14(20)11-15(16)17/h4-11,18H,12H2,1-3H3. The number of fused-ring (bicyclic) bond motifs is 1. The predicted molar refractivity (Wildman–Crippen MR) is 103 cm³/mol. The lowest BCUT2D eigenvalue weighted by Crippen LogP contribution is -2.29. The molecule has 0 aliphatic carbocycles. The normalized spacial score (nSPS) is 20.4. The molecule has 0 N–H and O–H groups in total. The highest BCUT2D eigenvalue weighted by molar-refractivity contribution is 9.10. The number of halogens is 1. The second-order valence-corrected chi connectivity index (χ2v) is 9.58. The molecule has 0 radical (unpaired) electrons. The average Bonchev–Trinajstić information content (AvgIpc) is 2.55. The molecule has 0 saturated heterocycles. The van der Waals surface area contributed by atoms with Gasteiger partial charge in [-0.05, 0) is 44.5 Å². The highest BCUT2D eigenvalue weighted by Crippen LogP contribution is 2.37. The summed E-state index contributed by atoms with van der Waals surface area (Å²) in [6.07, 6.45) is 0.491. The number of nitrogens with zero attached hydrogens (tertiary/aromatic N) is 1. The van der Waals surface area contributed by atoms with Crippen LogP contribution in [0.25, 0.3) is 0 Å². The third-order valence-electron chi connectivity index (χ3n) is 3.79. The van der Waals surface area contributed by atoms with Crippen LogP contribution >= 0.6 is 15.9 Å². The molecule has 0 aromatic heterocycles. The largest absolute Gasteiger partial charge is 0.591 e. The maximum absolute atomic E-state index is 12.5. The molecule has 1 aliphatic rings. The van der Waals surface area contributed by atoms with Crippen molar-refractivity contribution in [1.29, 1.82) is 0 Å². The van der Waals surface area contributed by atoms with E-state index in [9.17, 15) is 4.55 Å². The molecule has 5 heteroatoms. The van der Waals surface area contributed by atoms with Crippen molar-refractivity contribution in [2.45, 2.75) is 38.0 Å². The van der Waals surface area contributed by atoms with E-state index < -0.39 is 11.4 Å². The van der Waals surface area contributed by atoms with Crippen LogP contribution in [0.3, 0.4) is 0 Å². The van der Waals surface area contributed by atoms with Crippen LogP contribution in [-0.2, 0) is 11.4 Å². The summed E-state index contributed by atoms with van der Waals surface area (Å²) < 4.78 is 23.8. The average molecular weight is 406 g/mol. The molecule has 1 aliphatic heterocycles. The summed E-state index contributed by atoms with van der Waals surface area (Å²) in [6.45, 7) is 5.80. The van der Waals surface area contributed by atoms with E-state index in [1.807, 2.05) is 69.3 Å². The first-order chi connectivity index (χ1) is 11.3. The van der Waals surface area contributed by atoms with Crippen LogP contribution in [0.15, 0.2) is 57.4 Å². The minimum atomic E-state index is -1.30. The second kappa shape index (κ2) is 6.90. The Kier molecular flexibility index (Phi) is 5.04. The van der Waals surface area contributed by atoms with Crippen molar-refractivity contribution >= 4 is 33.0 Å². The van der Waals surface area contributed by atoms with E-state index in [4.69, 9.17) is 4.74 Å². The van der Waals surface area contributed by atoms with Crippen LogP contribution < -0.4 is 4.74 Å². The Hall–Kier alpha value is -1.30. The van der Waals surface area contributed by atoms with Gasteiger partial charge in [-0.15, -0.1) is 0 Å². The summed E-state index contributed by atoms with van der Waals surface area (Å²) in [5.74, 6) is 0.781. The van der Waals surface area contributed by atoms with Crippen molar-refractivity contribution in [2.24, 2.45) is 4.40 Å². The van der Waals surface area contributed by atoms with E-state index in [-0.39, 0.29) is 10.9 Å². The highest BCUT2D eigenvalue weighted by atomic mass is 79.9. The summed E-state index contributed by atoms with van der Waals surface area (Å²) in [6, 6.07) is 15.9. The minimum absolute atomic E-state index is 0.115. The van der Waals surface area contributed by atoms with Gasteiger partial charge in [0.25, 0.3) is 0 Å². The Morgan fingerprint density at radius 3 is 2.54 bits per heavy atom. The number of hydrogen-bond acceptors (Lipinski definition) is 3. The molecule has 1 heterocycles. The maximum Gasteiger partial charge on any atom is 0.144 e. The van der Waals surface area contributed by atoms with E-state index in [1.165, 1.54) is 0 Å². The molecule has 2 aromatic carbocycles. The van der Waals surface area contributed by atoms with Gasteiger partial charge in [0.15, 0.2) is 0 Å². The summed E-state index contributed by atoms with van der Waals surface area (Å²) in [5.41, 5.74) is 2.84. The molecule has 24 heavy (non-hydrogen) atoms. The number of hydrogen-bond donors (Lipinski definition) is 0. The topological polar surface area (TPSA) is 44.7 Å². The van der Waals surface area contributed by atoms with Gasteiger partial charge in [-0.3, -0.25) is 0 Å². The monoisotopic (exact) mass is 405 g/mol. The fourth-order valence-electron chi connectivity index (χ4n) is 2.49. The zero-order chi connectivity index (χ0) is 17.3. The van der Waals surface area contributed by atoms with Gasteiger partial charge in [-0.1, -0.05) is 50.7 Å². The molecule has 2 aromatic rings. The van der Waals surface area contributed by atoms with Crippen molar-refractivity contribution in [3.05, 3.63) is 64.1 Å². The van der Waals surface area contributed by atoms with Crippen molar-refractivity contribution in [2.75, 3.05) is 0 Å². The zero-order valence-corrected chi connectivity index (χ0v) is 16.4. The molecule has 0 fully saturated rings. The Balaban J connectivity index is 2.03. The fraction of sp³-hybridized carbons (Fsp3) is 0.316. The van der Waals surface area contributed by atoms with E-state index in [2.05, 4.69) is 20.3 Å². The molecular weight excluding hydrogens is 386 g/mol. The highest BCUT2D eigenvalue weighted by Gasteiger charge is 2.32. The summed E-state index contributed by atoms with van der Waals surface area (Å²) in [7, 11) is 0. The van der Waals surface area contributed by atoms with Crippen molar-refractivity contribution in [3.63, 3.8) is 0 Å². The van der Waals surface area contributed by atoms with Gasteiger partial charge in [0.1, 0.15) is 33.7 Å². The lowest BCUT2D eigenvalue weighted by atomic mass is 9.96. The first-order valence-corrected chi connectivity index (χ1v) is 9.75. The molecule has 2 unspecified atom stereocenters. The van der Waals surface area contributed by atoms with Gasteiger partial charge in [0.05, 0.1) is 0 Å². The summed E-state index contributed by atoms with van der Waals surface area (Å²) in [5, 5.41) is 0. The summed E-state index contributed by atoms with van der Waals surface area (Å²) in [4.78, 5) is 0. The van der Waals surface area contributed by atoms with Gasteiger partial charge in [-0.25, -0.2) is 0 Å². The van der Waals surface area contributed by atoms with E-state index in [0.29, 0.717) is 6.42 Å². The molecule has 0 bridgehead atoms. The number of rotatable bonds is 2. The Labute approximate surface area is 154 Å². The molecule has 0 amide bonds. The summed E-state index contributed by atoms with van der Waals surface area (Å²) >= 11 is 2.19. The quantitative estimate of drug-likeness (QED) is 0.642. The van der Waals surface area contributed by atoms with E-state index in [1.54, 1.807) is 0 Å². The van der Waals surface area contributed by atoms with Gasteiger partial charge in [0.2, 0.25) is 0 Å². The van der Waals surface area contributed by atoms with Gasteiger partial charge >= 0.3 is 0 Å². The Bertz CT molecular complexity index is 756. The number of ether oxygens (including phenoxy) is 1. The fourth-order valence-corrected chi connectivity index (χ4v) is 3.50. The molecule has 3 rings (SSSR count). The van der Waals surface area contributed by atoms with Gasteiger partial charge < -0.3 is 9.29 Å². The van der Waals surface area contributed by atoms with Crippen LogP contribution in [0.2, 0.25) is 0 Å². The SMILES string of the molecule is CC(C)(C)[S+]([O-])N=C1CC(c2ccccc2)Oc2ccc(Br)cc21. The first kappa shape index (κ1) is 17.5. The smallest absolute Gasteiger partial charge is 0.144 e. The molecule has 3 nitrogen and oxygen atoms in total. The molecule has 126 valence electrons. The molecular formula is C19H20BrNO2S. The minimum Gasteiger partial charge on any atom is -0.591 e. The zero-order valence-electron chi connectivity index (χ0n) is 14.0. The lowest BCUT2D eigenvalue weighted by Gasteiger charge is -2.28. The van der Waals surface area contributed by atoms with Gasteiger partial charge in [0, 0.05) is 16.5 Å². The van der Waals surface area contributed by atoms with Crippen molar-refractivity contribution in [1.82, 2.24) is 0 Å². The maximum atomic E-state index is 12.5. The van der Waals surface area contributed by atoms with Crippen LogP contribution in [0.4, 0.5) is 0 Å². The predicted octanol–water partition coefficient (Wildman–Crippen LogP) is 5.22. The van der Waals surface area contributed by atoms with Crippen molar-refractivity contribution < 1.29 is 9.29 Å². The van der Waals surface area contributed by atoms with E-state index >= 15 is 0 Å². The molecule has 2 atom stereocenters. The molecule has 0 saturated carbocycles. The van der Waals surface area contributed by atoms with Crippen LogP contribution in [0.1, 0.15) is 44.4 Å². The van der Waals surface area contributed by atoms with Crippen LogP contribution in [0, 0.1) is 0 Å². The van der Waals surface area contributed by atoms with Crippen LogP contribution in [-0.4, -0.2) is 15.0 Å². The van der Waals surface area contributed by atoms with E-state index in [0.717, 1.165) is 27.1 Å². The Morgan fingerprint density at radius 1 is 1.17 bits per heavy atom. The van der Waals surface area contributed by atoms with Crippen LogP contribution in [0.5, 0.6) is 5.75 Å². The van der Waals surface area contributed by atoms with Gasteiger partial charge in [-0.2, -0.15) is 0 Å². The lowest BCUT2D eigenvalue weighted by molar-refractivity contribution is 0.206. The Morgan fingerprint density at radius 2 is 1.88 bits per heavy atom. The third kappa shape index (κ3) is 3.85. The number of benzene rings is 2. The second-order valence-electron chi connectivity index (χ2n) is 6.76. The van der Waals surface area contributed by atoms with Crippen molar-refractivity contribution in [3.8, 4) is 5.75 Å². The first-order valence-electron chi connectivity index (χ1n) is 7.85. The molecule has 0 spiro atoms.